The largest absolute Gasteiger partial charge is 0.497 e. The summed E-state index contributed by atoms with van der Waals surface area (Å²) in [6.45, 7) is 5.10. The first-order chi connectivity index (χ1) is 19.7. The minimum Gasteiger partial charge on any atom is -0.497 e. The minimum absolute atomic E-state index is 0.152. The average Bonchev–Trinajstić information content (AvgIpc) is 2.99. The van der Waals surface area contributed by atoms with Crippen molar-refractivity contribution in [2.24, 2.45) is 11.8 Å². The number of carbonyl (C=O) groups is 3. The van der Waals surface area contributed by atoms with Gasteiger partial charge in [-0.25, -0.2) is 4.79 Å². The molecule has 2 aliphatic heterocycles. The SMILES string of the molecule is COc1ccc(NC(=O)N(C)C[C@@H]2Oc3c(NC(=O)C4CCOCC4)cccc3C(=O)N([C@@H](C)CO)C[C@H]2C)cc1. The normalized spacial score (nSPS) is 20.1. The Labute approximate surface area is 240 Å². The zero-order valence-corrected chi connectivity index (χ0v) is 24.1. The summed E-state index contributed by atoms with van der Waals surface area (Å²) in [5.74, 6) is 0.0886. The lowest BCUT2D eigenvalue weighted by Gasteiger charge is -2.38. The van der Waals surface area contributed by atoms with E-state index in [1.165, 1.54) is 4.90 Å². The number of methoxy groups -OCH3 is 1. The fraction of sp³-hybridized carbons (Fsp3) is 0.500. The van der Waals surface area contributed by atoms with Crippen LogP contribution in [0, 0.1) is 11.8 Å². The Balaban J connectivity index is 1.60. The molecule has 11 nitrogen and oxygen atoms in total. The number of amides is 4. The quantitative estimate of drug-likeness (QED) is 0.445. The Hall–Kier alpha value is -3.83. The van der Waals surface area contributed by atoms with Crippen LogP contribution in [-0.2, 0) is 9.53 Å². The monoisotopic (exact) mass is 568 g/mol. The Morgan fingerprint density at radius 3 is 2.51 bits per heavy atom. The van der Waals surface area contributed by atoms with Crippen LogP contribution in [-0.4, -0.2) is 92.0 Å². The second-order valence-corrected chi connectivity index (χ2v) is 10.7. The molecule has 1 saturated heterocycles. The second-order valence-electron chi connectivity index (χ2n) is 10.7. The molecule has 3 atom stereocenters. The molecule has 4 amide bonds. The fourth-order valence-electron chi connectivity index (χ4n) is 5.00. The van der Waals surface area contributed by atoms with Crippen LogP contribution in [0.5, 0.6) is 11.5 Å². The number of nitrogens with one attached hydrogen (secondary N) is 2. The van der Waals surface area contributed by atoms with Gasteiger partial charge in [-0.2, -0.15) is 0 Å². The average molecular weight is 569 g/mol. The molecule has 0 aliphatic carbocycles. The van der Waals surface area contributed by atoms with Gasteiger partial charge >= 0.3 is 6.03 Å². The number of anilines is 2. The lowest BCUT2D eigenvalue weighted by Crippen LogP contribution is -2.50. The topological polar surface area (TPSA) is 130 Å². The van der Waals surface area contributed by atoms with Crippen molar-refractivity contribution in [3.63, 3.8) is 0 Å². The van der Waals surface area contributed by atoms with Gasteiger partial charge in [0, 0.05) is 44.3 Å². The van der Waals surface area contributed by atoms with Crippen LogP contribution in [0.15, 0.2) is 42.5 Å². The van der Waals surface area contributed by atoms with E-state index in [9.17, 15) is 19.5 Å². The van der Waals surface area contributed by atoms with Crippen LogP contribution in [0.1, 0.15) is 37.0 Å². The van der Waals surface area contributed by atoms with Gasteiger partial charge in [-0.1, -0.05) is 13.0 Å². The summed E-state index contributed by atoms with van der Waals surface area (Å²) in [5.41, 5.74) is 1.30. The van der Waals surface area contributed by atoms with E-state index in [0.717, 1.165) is 0 Å². The molecule has 222 valence electrons. The van der Waals surface area contributed by atoms with Crippen molar-refractivity contribution in [3.8, 4) is 11.5 Å². The highest BCUT2D eigenvalue weighted by molar-refractivity contribution is 6.02. The number of nitrogens with zero attached hydrogens (tertiary/aromatic N) is 2. The van der Waals surface area contributed by atoms with Crippen LogP contribution in [0.2, 0.25) is 0 Å². The Morgan fingerprint density at radius 2 is 1.85 bits per heavy atom. The molecule has 41 heavy (non-hydrogen) atoms. The van der Waals surface area contributed by atoms with E-state index in [1.807, 2.05) is 6.92 Å². The summed E-state index contributed by atoms with van der Waals surface area (Å²) in [7, 11) is 3.25. The predicted octanol–water partition coefficient (Wildman–Crippen LogP) is 3.44. The van der Waals surface area contributed by atoms with E-state index >= 15 is 0 Å². The number of fused-ring (bicyclic) bond motifs is 1. The van der Waals surface area contributed by atoms with Crippen molar-refractivity contribution in [1.82, 2.24) is 9.80 Å². The van der Waals surface area contributed by atoms with E-state index in [2.05, 4.69) is 10.6 Å². The molecule has 4 rings (SSSR count). The van der Waals surface area contributed by atoms with Gasteiger partial charge in [-0.3, -0.25) is 9.59 Å². The minimum atomic E-state index is -0.525. The maximum Gasteiger partial charge on any atom is 0.321 e. The van der Waals surface area contributed by atoms with Gasteiger partial charge in [0.1, 0.15) is 11.9 Å². The number of benzene rings is 2. The number of para-hydroxylation sites is 1. The third-order valence-corrected chi connectivity index (χ3v) is 7.68. The van der Waals surface area contributed by atoms with Crippen molar-refractivity contribution in [2.75, 3.05) is 57.7 Å². The van der Waals surface area contributed by atoms with Crippen LogP contribution >= 0.6 is 0 Å². The molecule has 2 aliphatic rings. The van der Waals surface area contributed by atoms with Gasteiger partial charge in [-0.15, -0.1) is 0 Å². The molecular weight excluding hydrogens is 528 g/mol. The summed E-state index contributed by atoms with van der Waals surface area (Å²) in [6, 6.07) is 11.3. The molecule has 0 radical (unpaired) electrons. The van der Waals surface area contributed by atoms with Gasteiger partial charge in [0.25, 0.3) is 5.91 Å². The van der Waals surface area contributed by atoms with Gasteiger partial charge < -0.3 is 39.8 Å². The Kier molecular flexibility index (Phi) is 10.1. The van der Waals surface area contributed by atoms with Gasteiger partial charge in [0.05, 0.1) is 37.6 Å². The maximum absolute atomic E-state index is 13.7. The summed E-state index contributed by atoms with van der Waals surface area (Å²) in [5, 5.41) is 15.8. The first kappa shape index (κ1) is 30.1. The number of ether oxygens (including phenoxy) is 3. The maximum atomic E-state index is 13.7. The first-order valence-electron chi connectivity index (χ1n) is 14.0. The van der Waals surface area contributed by atoms with Gasteiger partial charge in [0.2, 0.25) is 5.91 Å². The predicted molar refractivity (Wildman–Crippen MR) is 154 cm³/mol. The molecule has 0 saturated carbocycles. The number of likely N-dealkylation sites (N-methyl/N-ethyl adjacent to an activating group) is 1. The summed E-state index contributed by atoms with van der Waals surface area (Å²) < 4.78 is 17.1. The molecule has 0 bridgehead atoms. The van der Waals surface area contributed by atoms with E-state index < -0.39 is 12.1 Å². The van der Waals surface area contributed by atoms with E-state index in [0.29, 0.717) is 49.7 Å². The molecule has 0 unspecified atom stereocenters. The van der Waals surface area contributed by atoms with Crippen molar-refractivity contribution in [2.45, 2.75) is 38.8 Å². The number of carbonyl (C=O) groups excluding carboxylic acids is 3. The molecule has 0 aromatic heterocycles. The fourth-order valence-corrected chi connectivity index (χ4v) is 5.00. The van der Waals surface area contributed by atoms with Crippen molar-refractivity contribution < 1.29 is 33.7 Å². The first-order valence-corrected chi connectivity index (χ1v) is 14.0. The highest BCUT2D eigenvalue weighted by atomic mass is 16.5. The molecule has 1 fully saturated rings. The van der Waals surface area contributed by atoms with E-state index in [1.54, 1.807) is 68.4 Å². The molecular formula is C30H40N4O7. The second kappa shape index (κ2) is 13.7. The van der Waals surface area contributed by atoms with Crippen LogP contribution in [0.3, 0.4) is 0 Å². The summed E-state index contributed by atoms with van der Waals surface area (Å²) in [4.78, 5) is 43.0. The van der Waals surface area contributed by atoms with Crippen molar-refractivity contribution in [1.29, 1.82) is 0 Å². The summed E-state index contributed by atoms with van der Waals surface area (Å²) in [6.07, 6.45) is 0.717. The molecule has 3 N–H and O–H groups in total. The number of rotatable bonds is 8. The third-order valence-electron chi connectivity index (χ3n) is 7.68. The Morgan fingerprint density at radius 1 is 1.15 bits per heavy atom. The van der Waals surface area contributed by atoms with Crippen LogP contribution in [0.4, 0.5) is 16.2 Å². The number of hydrogen-bond acceptors (Lipinski definition) is 7. The number of aliphatic hydroxyl groups excluding tert-OH is 1. The van der Waals surface area contributed by atoms with E-state index in [4.69, 9.17) is 14.2 Å². The zero-order chi connectivity index (χ0) is 29.5. The molecule has 2 heterocycles. The highest BCUT2D eigenvalue weighted by Crippen LogP contribution is 2.35. The van der Waals surface area contributed by atoms with Crippen molar-refractivity contribution >= 4 is 29.2 Å². The number of urea groups is 1. The number of aliphatic hydroxyl groups is 1. The van der Waals surface area contributed by atoms with Crippen LogP contribution in [0.25, 0.3) is 0 Å². The zero-order valence-electron chi connectivity index (χ0n) is 24.1. The number of hydrogen-bond donors (Lipinski definition) is 3. The standard InChI is InChI=1S/C30H40N4O7/c1-19-16-34(20(2)18-35)29(37)24-6-5-7-25(32-28(36)21-12-14-40-15-13-21)27(24)41-26(19)17-33(3)30(38)31-22-8-10-23(39-4)11-9-22/h5-11,19-21,26,35H,12-18H2,1-4H3,(H,31,38)(H,32,36)/t19-,20+,26+/m1/s1. The van der Waals surface area contributed by atoms with E-state index in [-0.39, 0.29) is 54.1 Å². The Bertz CT molecular complexity index is 1220. The molecule has 11 heteroatoms. The van der Waals surface area contributed by atoms with Crippen molar-refractivity contribution in [3.05, 3.63) is 48.0 Å². The summed E-state index contributed by atoms with van der Waals surface area (Å²) >= 11 is 0. The third kappa shape index (κ3) is 7.28. The molecule has 0 spiro atoms. The van der Waals surface area contributed by atoms with Crippen LogP contribution < -0.4 is 20.1 Å². The molecule has 2 aromatic carbocycles. The highest BCUT2D eigenvalue weighted by Gasteiger charge is 2.35. The smallest absolute Gasteiger partial charge is 0.321 e. The van der Waals surface area contributed by atoms with Gasteiger partial charge in [-0.05, 0) is 56.2 Å². The molecule has 2 aromatic rings. The lowest BCUT2D eigenvalue weighted by atomic mass is 9.98. The van der Waals surface area contributed by atoms with Gasteiger partial charge in [0.15, 0.2) is 5.75 Å². The lowest BCUT2D eigenvalue weighted by molar-refractivity contribution is -0.122.